The van der Waals surface area contributed by atoms with Crippen molar-refractivity contribution in [3.63, 3.8) is 0 Å². The van der Waals surface area contributed by atoms with Gasteiger partial charge in [-0.2, -0.15) is 0 Å². The number of hydrogen-bond donors (Lipinski definition) is 2. The molecule has 0 fully saturated rings. The van der Waals surface area contributed by atoms with E-state index in [1.807, 2.05) is 24.3 Å². The molecule has 0 amide bonds. The Labute approximate surface area is 232 Å². The van der Waals surface area contributed by atoms with Gasteiger partial charge in [0.2, 0.25) is 0 Å². The van der Waals surface area contributed by atoms with Crippen molar-refractivity contribution in [3.8, 4) is 17.2 Å². The van der Waals surface area contributed by atoms with Crippen LogP contribution in [0.1, 0.15) is 129 Å². The normalized spacial score (nSPS) is 10.9. The molecule has 0 aliphatic rings. The molecule has 2 aromatic rings. The van der Waals surface area contributed by atoms with E-state index in [4.69, 9.17) is 17.0 Å². The van der Waals surface area contributed by atoms with Crippen LogP contribution in [0.4, 0.5) is 5.69 Å². The third-order valence-electron chi connectivity index (χ3n) is 6.97. The summed E-state index contributed by atoms with van der Waals surface area (Å²) in [5.74, 6) is 1.68. The molecular weight excluding hydrogens is 474 g/mol. The number of phenols is 1. The van der Waals surface area contributed by atoms with Crippen LogP contribution in [0.15, 0.2) is 48.5 Å². The largest absolute Gasteiger partial charge is 0.508 e. The third kappa shape index (κ3) is 16.4. The van der Waals surface area contributed by atoms with Crippen LogP contribution in [-0.4, -0.2) is 10.1 Å². The zero-order valence-corrected chi connectivity index (χ0v) is 24.1. The highest BCUT2D eigenvalue weighted by molar-refractivity contribution is 7.80. The summed E-state index contributed by atoms with van der Waals surface area (Å²) in [7, 11) is 0. The summed E-state index contributed by atoms with van der Waals surface area (Å²) in [5.41, 5.74) is 0.991. The lowest BCUT2D eigenvalue weighted by Gasteiger charge is -2.10. The van der Waals surface area contributed by atoms with Crippen LogP contribution < -0.4 is 10.1 Å². The number of phenolic OH excluding ortho intramolecular Hbond substituents is 1. The topological polar surface area (TPSA) is 41.5 Å². The molecule has 0 radical (unpaired) electrons. The van der Waals surface area contributed by atoms with E-state index >= 15 is 0 Å². The maximum absolute atomic E-state index is 9.36. The van der Waals surface area contributed by atoms with E-state index < -0.39 is 0 Å². The standard InChI is InChI=1S/C33H51NO2S/c1-2-3-4-5-6-7-8-9-10-11-12-13-14-15-16-17-18-19-20-33(37)34-29-21-25-31(26-22-29)36-32-27-23-30(35)24-28-32/h21-28,35H,2-20H2,1H3,(H,34,37). The van der Waals surface area contributed by atoms with Crippen molar-refractivity contribution < 1.29 is 9.84 Å². The quantitative estimate of drug-likeness (QED) is 0.118. The fourth-order valence-corrected chi connectivity index (χ4v) is 4.93. The van der Waals surface area contributed by atoms with Gasteiger partial charge in [0, 0.05) is 5.69 Å². The Morgan fingerprint density at radius 3 is 1.41 bits per heavy atom. The van der Waals surface area contributed by atoms with E-state index in [-0.39, 0.29) is 5.75 Å². The molecule has 37 heavy (non-hydrogen) atoms. The fourth-order valence-electron chi connectivity index (χ4n) is 4.67. The number of nitrogens with one attached hydrogen (secondary N) is 1. The predicted octanol–water partition coefficient (Wildman–Crippen LogP) is 11.4. The smallest absolute Gasteiger partial charge is 0.127 e. The van der Waals surface area contributed by atoms with Crippen LogP contribution in [0.2, 0.25) is 0 Å². The SMILES string of the molecule is CCCCCCCCCCCCCCCCCCCCC(=S)Nc1ccc(Oc2ccc(O)cc2)cc1. The van der Waals surface area contributed by atoms with Crippen molar-refractivity contribution in [3.05, 3.63) is 48.5 Å². The van der Waals surface area contributed by atoms with Gasteiger partial charge in [0.25, 0.3) is 0 Å². The highest BCUT2D eigenvalue weighted by Gasteiger charge is 2.02. The minimum absolute atomic E-state index is 0.232. The molecule has 0 atom stereocenters. The van der Waals surface area contributed by atoms with E-state index in [0.29, 0.717) is 5.75 Å². The molecule has 2 N–H and O–H groups in total. The molecule has 0 saturated heterocycles. The van der Waals surface area contributed by atoms with Crippen molar-refractivity contribution >= 4 is 22.9 Å². The maximum Gasteiger partial charge on any atom is 0.127 e. The first-order valence-corrected chi connectivity index (χ1v) is 15.4. The number of benzene rings is 2. The molecule has 0 aliphatic carbocycles. The van der Waals surface area contributed by atoms with Crippen molar-refractivity contribution in [1.82, 2.24) is 0 Å². The summed E-state index contributed by atoms with van der Waals surface area (Å²) in [6.45, 7) is 2.29. The number of unbranched alkanes of at least 4 members (excludes halogenated alkanes) is 17. The second-order valence-corrected chi connectivity index (χ2v) is 10.9. The van der Waals surface area contributed by atoms with E-state index in [9.17, 15) is 5.11 Å². The lowest BCUT2D eigenvalue weighted by molar-refractivity contribution is 0.464. The molecule has 2 aromatic carbocycles. The molecule has 0 saturated carbocycles. The Hall–Kier alpha value is -2.07. The number of thiocarbonyl (C=S) groups is 1. The second kappa shape index (κ2) is 20.9. The summed E-state index contributed by atoms with van der Waals surface area (Å²) in [6.07, 6.45) is 26.1. The van der Waals surface area contributed by atoms with Crippen LogP contribution in [0, 0.1) is 0 Å². The summed E-state index contributed by atoms with van der Waals surface area (Å²) in [6, 6.07) is 14.5. The number of anilines is 1. The molecule has 0 heterocycles. The fraction of sp³-hybridized carbons (Fsp3) is 0.606. The molecule has 0 aliphatic heterocycles. The van der Waals surface area contributed by atoms with Crippen molar-refractivity contribution in [2.75, 3.05) is 5.32 Å². The molecule has 2 rings (SSSR count). The van der Waals surface area contributed by atoms with Gasteiger partial charge in [0.15, 0.2) is 0 Å². The Balaban J connectivity index is 1.37. The summed E-state index contributed by atoms with van der Waals surface area (Å²) in [5, 5.41) is 12.7. The van der Waals surface area contributed by atoms with Crippen LogP contribution in [0.3, 0.4) is 0 Å². The van der Waals surface area contributed by atoms with Gasteiger partial charge in [-0.15, -0.1) is 0 Å². The third-order valence-corrected chi connectivity index (χ3v) is 7.27. The van der Waals surface area contributed by atoms with Crippen molar-refractivity contribution in [2.24, 2.45) is 0 Å². The predicted molar refractivity (Wildman–Crippen MR) is 164 cm³/mol. The molecule has 0 bridgehead atoms. The Kier molecular flexibility index (Phi) is 17.6. The van der Waals surface area contributed by atoms with Crippen LogP contribution in [0.25, 0.3) is 0 Å². The minimum atomic E-state index is 0.232. The van der Waals surface area contributed by atoms with Crippen molar-refractivity contribution in [1.29, 1.82) is 0 Å². The second-order valence-electron chi connectivity index (χ2n) is 10.4. The van der Waals surface area contributed by atoms with E-state index in [2.05, 4.69) is 12.2 Å². The zero-order chi connectivity index (χ0) is 26.4. The van der Waals surface area contributed by atoms with Crippen LogP contribution >= 0.6 is 12.2 Å². The van der Waals surface area contributed by atoms with Gasteiger partial charge < -0.3 is 15.2 Å². The van der Waals surface area contributed by atoms with Gasteiger partial charge in [0.05, 0.1) is 4.99 Å². The number of rotatable bonds is 22. The minimum Gasteiger partial charge on any atom is -0.508 e. The van der Waals surface area contributed by atoms with Gasteiger partial charge in [-0.25, -0.2) is 0 Å². The monoisotopic (exact) mass is 525 g/mol. The number of ether oxygens (including phenoxy) is 1. The Bertz CT molecular complexity index is 819. The van der Waals surface area contributed by atoms with Crippen molar-refractivity contribution in [2.45, 2.75) is 129 Å². The first-order chi connectivity index (χ1) is 18.2. The molecule has 0 unspecified atom stereocenters. The van der Waals surface area contributed by atoms with Crippen LogP contribution in [-0.2, 0) is 0 Å². The summed E-state index contributed by atoms with van der Waals surface area (Å²) < 4.78 is 5.79. The molecular formula is C33H51NO2S. The van der Waals surface area contributed by atoms with E-state index in [0.717, 1.165) is 29.3 Å². The van der Waals surface area contributed by atoms with Gasteiger partial charge in [0.1, 0.15) is 17.2 Å². The zero-order valence-electron chi connectivity index (χ0n) is 23.3. The highest BCUT2D eigenvalue weighted by atomic mass is 32.1. The molecule has 206 valence electrons. The average Bonchev–Trinajstić information content (AvgIpc) is 2.90. The summed E-state index contributed by atoms with van der Waals surface area (Å²) >= 11 is 5.53. The lowest BCUT2D eigenvalue weighted by Crippen LogP contribution is -2.08. The number of aromatic hydroxyl groups is 1. The van der Waals surface area contributed by atoms with Gasteiger partial charge in [-0.3, -0.25) is 0 Å². The van der Waals surface area contributed by atoms with Gasteiger partial charge in [-0.05, 0) is 61.4 Å². The lowest BCUT2D eigenvalue weighted by atomic mass is 10.0. The van der Waals surface area contributed by atoms with E-state index in [1.54, 1.807) is 24.3 Å². The molecule has 3 nitrogen and oxygen atoms in total. The first kappa shape index (κ1) is 31.1. The number of hydrogen-bond acceptors (Lipinski definition) is 3. The average molecular weight is 526 g/mol. The highest BCUT2D eigenvalue weighted by Crippen LogP contribution is 2.25. The van der Waals surface area contributed by atoms with Gasteiger partial charge >= 0.3 is 0 Å². The van der Waals surface area contributed by atoms with E-state index in [1.165, 1.54) is 109 Å². The maximum atomic E-state index is 9.36. The molecule has 0 aromatic heterocycles. The Morgan fingerprint density at radius 1 is 0.595 bits per heavy atom. The molecule has 4 heteroatoms. The van der Waals surface area contributed by atoms with Crippen LogP contribution in [0.5, 0.6) is 17.2 Å². The Morgan fingerprint density at radius 2 is 0.973 bits per heavy atom. The molecule has 0 spiro atoms. The first-order valence-electron chi connectivity index (χ1n) is 15.0. The van der Waals surface area contributed by atoms with Gasteiger partial charge in [-0.1, -0.05) is 128 Å². The summed E-state index contributed by atoms with van der Waals surface area (Å²) in [4.78, 5) is 0.906.